The quantitative estimate of drug-likeness (QED) is 0.884. The van der Waals surface area contributed by atoms with E-state index >= 15 is 0 Å². The predicted octanol–water partition coefficient (Wildman–Crippen LogP) is 4.48. The summed E-state index contributed by atoms with van der Waals surface area (Å²) >= 11 is 3.35. The standard InChI is InChI=1S/C13H11BrF2N2/c1-7-3-4-17-13(12(7)14)18-11-6-9(15)8(2)5-10(11)16/h3-6H,1-2H3,(H,17,18). The molecule has 94 valence electrons. The Bertz CT molecular complexity index is 600. The van der Waals surface area contributed by atoms with Crippen molar-refractivity contribution < 1.29 is 8.78 Å². The Morgan fingerprint density at radius 2 is 1.83 bits per heavy atom. The molecule has 0 fully saturated rings. The van der Waals surface area contributed by atoms with Gasteiger partial charge in [0.15, 0.2) is 0 Å². The number of aromatic nitrogens is 1. The van der Waals surface area contributed by atoms with Crippen LogP contribution in [0.1, 0.15) is 11.1 Å². The molecule has 2 rings (SSSR count). The van der Waals surface area contributed by atoms with Crippen LogP contribution in [-0.4, -0.2) is 4.98 Å². The molecule has 0 amide bonds. The maximum absolute atomic E-state index is 13.7. The first kappa shape index (κ1) is 13.0. The minimum absolute atomic E-state index is 0.0666. The summed E-state index contributed by atoms with van der Waals surface area (Å²) in [5.41, 5.74) is 1.30. The number of hydrogen-bond donors (Lipinski definition) is 1. The highest BCUT2D eigenvalue weighted by molar-refractivity contribution is 9.10. The van der Waals surface area contributed by atoms with E-state index in [1.807, 2.05) is 13.0 Å². The number of benzene rings is 1. The molecule has 0 aliphatic rings. The van der Waals surface area contributed by atoms with E-state index in [2.05, 4.69) is 26.2 Å². The Labute approximate surface area is 112 Å². The van der Waals surface area contributed by atoms with Crippen molar-refractivity contribution in [2.24, 2.45) is 0 Å². The van der Waals surface area contributed by atoms with Crippen molar-refractivity contribution in [1.82, 2.24) is 4.98 Å². The molecule has 0 atom stereocenters. The molecule has 2 nitrogen and oxygen atoms in total. The number of hydrogen-bond acceptors (Lipinski definition) is 2. The second-order valence-corrected chi connectivity index (χ2v) is 4.79. The highest BCUT2D eigenvalue weighted by Gasteiger charge is 2.10. The number of nitrogens with zero attached hydrogens (tertiary/aromatic N) is 1. The van der Waals surface area contributed by atoms with Crippen LogP contribution in [0.4, 0.5) is 20.3 Å². The lowest BCUT2D eigenvalue weighted by Crippen LogP contribution is -2.00. The molecule has 1 heterocycles. The van der Waals surface area contributed by atoms with Gasteiger partial charge in [-0.2, -0.15) is 0 Å². The van der Waals surface area contributed by atoms with Crippen molar-refractivity contribution in [1.29, 1.82) is 0 Å². The molecule has 18 heavy (non-hydrogen) atoms. The van der Waals surface area contributed by atoms with E-state index in [1.54, 1.807) is 6.20 Å². The van der Waals surface area contributed by atoms with Gasteiger partial charge in [0.2, 0.25) is 0 Å². The Kier molecular flexibility index (Phi) is 3.61. The van der Waals surface area contributed by atoms with E-state index in [1.165, 1.54) is 6.92 Å². The first-order valence-electron chi connectivity index (χ1n) is 5.33. The van der Waals surface area contributed by atoms with Crippen LogP contribution in [0.5, 0.6) is 0 Å². The fourth-order valence-corrected chi connectivity index (χ4v) is 1.83. The average Bonchev–Trinajstić information content (AvgIpc) is 2.32. The van der Waals surface area contributed by atoms with E-state index in [4.69, 9.17) is 0 Å². The summed E-state index contributed by atoms with van der Waals surface area (Å²) in [5.74, 6) is -0.510. The van der Waals surface area contributed by atoms with E-state index in [0.717, 1.165) is 22.2 Å². The largest absolute Gasteiger partial charge is 0.337 e. The second-order valence-electron chi connectivity index (χ2n) is 4.00. The summed E-state index contributed by atoms with van der Waals surface area (Å²) < 4.78 is 27.8. The van der Waals surface area contributed by atoms with Gasteiger partial charge >= 0.3 is 0 Å². The topological polar surface area (TPSA) is 24.9 Å². The Hall–Kier alpha value is -1.49. The summed E-state index contributed by atoms with van der Waals surface area (Å²) in [6, 6.07) is 4.10. The number of halogens is 3. The molecule has 1 N–H and O–H groups in total. The molecule has 0 aliphatic carbocycles. The average molecular weight is 313 g/mol. The predicted molar refractivity (Wildman–Crippen MR) is 71.1 cm³/mol. The van der Waals surface area contributed by atoms with Crippen LogP contribution in [0.15, 0.2) is 28.9 Å². The van der Waals surface area contributed by atoms with Gasteiger partial charge in [-0.1, -0.05) is 0 Å². The van der Waals surface area contributed by atoms with Gasteiger partial charge in [0.05, 0.1) is 10.2 Å². The van der Waals surface area contributed by atoms with E-state index < -0.39 is 11.6 Å². The van der Waals surface area contributed by atoms with Crippen molar-refractivity contribution in [3.8, 4) is 0 Å². The van der Waals surface area contributed by atoms with Crippen LogP contribution in [0.2, 0.25) is 0 Å². The minimum atomic E-state index is -0.510. The maximum Gasteiger partial charge on any atom is 0.147 e. The van der Waals surface area contributed by atoms with Crippen LogP contribution in [0.3, 0.4) is 0 Å². The second kappa shape index (κ2) is 5.02. The molecule has 0 saturated carbocycles. The molecule has 0 aliphatic heterocycles. The zero-order chi connectivity index (χ0) is 13.3. The fraction of sp³-hybridized carbons (Fsp3) is 0.154. The minimum Gasteiger partial charge on any atom is -0.337 e. The third kappa shape index (κ3) is 2.51. The third-order valence-corrected chi connectivity index (χ3v) is 3.58. The summed E-state index contributed by atoms with van der Waals surface area (Å²) in [6.45, 7) is 3.41. The highest BCUT2D eigenvalue weighted by atomic mass is 79.9. The Morgan fingerprint density at radius 1 is 1.11 bits per heavy atom. The molecule has 0 unspecified atom stereocenters. The van der Waals surface area contributed by atoms with Gasteiger partial charge in [-0.05, 0) is 53.0 Å². The van der Waals surface area contributed by atoms with Crippen molar-refractivity contribution in [2.45, 2.75) is 13.8 Å². The van der Waals surface area contributed by atoms with E-state index in [0.29, 0.717) is 5.82 Å². The highest BCUT2D eigenvalue weighted by Crippen LogP contribution is 2.28. The van der Waals surface area contributed by atoms with Crippen LogP contribution >= 0.6 is 15.9 Å². The summed E-state index contributed by atoms with van der Waals surface area (Å²) in [4.78, 5) is 4.08. The van der Waals surface area contributed by atoms with Gasteiger partial charge in [0.1, 0.15) is 17.5 Å². The van der Waals surface area contributed by atoms with Gasteiger partial charge < -0.3 is 5.32 Å². The third-order valence-electron chi connectivity index (χ3n) is 2.58. The molecule has 0 spiro atoms. The number of nitrogens with one attached hydrogen (secondary N) is 1. The van der Waals surface area contributed by atoms with E-state index in [-0.39, 0.29) is 11.3 Å². The smallest absolute Gasteiger partial charge is 0.147 e. The van der Waals surface area contributed by atoms with Crippen LogP contribution < -0.4 is 5.32 Å². The summed E-state index contributed by atoms with van der Waals surface area (Å²) in [6.07, 6.45) is 1.60. The molecular weight excluding hydrogens is 302 g/mol. The summed E-state index contributed by atoms with van der Waals surface area (Å²) in [7, 11) is 0. The zero-order valence-corrected chi connectivity index (χ0v) is 11.5. The first-order chi connectivity index (χ1) is 8.49. The SMILES string of the molecule is Cc1cc(F)c(Nc2nccc(C)c2Br)cc1F. The fourth-order valence-electron chi connectivity index (χ4n) is 1.50. The van der Waals surface area contributed by atoms with Gasteiger partial charge in [-0.3, -0.25) is 0 Å². The lowest BCUT2D eigenvalue weighted by molar-refractivity contribution is 0.595. The van der Waals surface area contributed by atoms with E-state index in [9.17, 15) is 8.78 Å². The zero-order valence-electron chi connectivity index (χ0n) is 9.89. The maximum atomic E-state index is 13.7. The molecule has 2 aromatic rings. The van der Waals surface area contributed by atoms with Gasteiger partial charge in [0.25, 0.3) is 0 Å². The molecule has 0 saturated heterocycles. The Balaban J connectivity index is 2.40. The Morgan fingerprint density at radius 3 is 2.56 bits per heavy atom. The molecular formula is C13H11BrF2N2. The first-order valence-corrected chi connectivity index (χ1v) is 6.12. The number of pyridine rings is 1. The molecule has 5 heteroatoms. The van der Waals surface area contributed by atoms with Gasteiger partial charge in [-0.15, -0.1) is 0 Å². The number of aryl methyl sites for hydroxylation is 2. The van der Waals surface area contributed by atoms with Crippen LogP contribution in [-0.2, 0) is 0 Å². The van der Waals surface area contributed by atoms with Gasteiger partial charge in [0, 0.05) is 12.3 Å². The number of rotatable bonds is 2. The molecule has 0 bridgehead atoms. The van der Waals surface area contributed by atoms with Crippen molar-refractivity contribution in [2.75, 3.05) is 5.32 Å². The van der Waals surface area contributed by atoms with Crippen LogP contribution in [0, 0.1) is 25.5 Å². The lowest BCUT2D eigenvalue weighted by atomic mass is 10.2. The van der Waals surface area contributed by atoms with Gasteiger partial charge in [-0.25, -0.2) is 13.8 Å². The monoisotopic (exact) mass is 312 g/mol. The summed E-state index contributed by atoms with van der Waals surface area (Å²) in [5, 5.41) is 2.78. The molecule has 1 aromatic carbocycles. The normalized spacial score (nSPS) is 10.5. The van der Waals surface area contributed by atoms with Crippen molar-refractivity contribution >= 4 is 27.4 Å². The number of anilines is 2. The lowest BCUT2D eigenvalue weighted by Gasteiger charge is -2.10. The molecule has 1 aromatic heterocycles. The van der Waals surface area contributed by atoms with Crippen molar-refractivity contribution in [3.05, 3.63) is 51.6 Å². The molecule has 0 radical (unpaired) electrons. The van der Waals surface area contributed by atoms with Crippen molar-refractivity contribution in [3.63, 3.8) is 0 Å². The van der Waals surface area contributed by atoms with Crippen LogP contribution in [0.25, 0.3) is 0 Å².